The van der Waals surface area contributed by atoms with E-state index < -0.39 is 0 Å². The number of nitrogens with one attached hydrogen (secondary N) is 1. The number of nitrogens with zero attached hydrogens (tertiary/aromatic N) is 1. The summed E-state index contributed by atoms with van der Waals surface area (Å²) in [5.41, 5.74) is 7.63. The molecule has 0 bridgehead atoms. The number of hydrogen-bond donors (Lipinski definition) is 3. The molecule has 0 aromatic heterocycles. The van der Waals surface area contributed by atoms with E-state index >= 15 is 0 Å². The van der Waals surface area contributed by atoms with E-state index in [1.165, 1.54) is 0 Å². The van der Waals surface area contributed by atoms with Gasteiger partial charge in [0.15, 0.2) is 5.84 Å². The molecule has 0 aliphatic carbocycles. The SMILES string of the molecule is N/C(=N/O)c1ccc(CNc2cc(Cl)ccc2Cl)c(Cl)c1. The number of anilines is 1. The molecule has 0 amide bonds. The van der Waals surface area contributed by atoms with Gasteiger partial charge in [-0.25, -0.2) is 0 Å². The van der Waals surface area contributed by atoms with E-state index in [9.17, 15) is 0 Å². The summed E-state index contributed by atoms with van der Waals surface area (Å²) in [6.07, 6.45) is 0. The first-order chi connectivity index (χ1) is 10.0. The highest BCUT2D eigenvalue weighted by Gasteiger charge is 2.06. The summed E-state index contributed by atoms with van der Waals surface area (Å²) in [5.74, 6) is 0.00861. The molecule has 0 heterocycles. The third-order valence-electron chi connectivity index (χ3n) is 2.85. The molecule has 21 heavy (non-hydrogen) atoms. The molecule has 4 nitrogen and oxygen atoms in total. The summed E-state index contributed by atoms with van der Waals surface area (Å²) in [6.45, 7) is 0.468. The molecule has 2 aromatic carbocycles. The minimum atomic E-state index is 0.00861. The average Bonchev–Trinajstić information content (AvgIpc) is 2.48. The lowest BCUT2D eigenvalue weighted by molar-refractivity contribution is 0.318. The lowest BCUT2D eigenvalue weighted by atomic mass is 10.1. The van der Waals surface area contributed by atoms with Gasteiger partial charge in [0.2, 0.25) is 0 Å². The Morgan fingerprint density at radius 2 is 1.86 bits per heavy atom. The van der Waals surface area contributed by atoms with Gasteiger partial charge in [-0.05, 0) is 29.8 Å². The summed E-state index contributed by atoms with van der Waals surface area (Å²) in [7, 11) is 0. The summed E-state index contributed by atoms with van der Waals surface area (Å²) < 4.78 is 0. The fourth-order valence-electron chi connectivity index (χ4n) is 1.73. The Balaban J connectivity index is 2.15. The third kappa shape index (κ3) is 3.94. The minimum Gasteiger partial charge on any atom is -0.409 e. The van der Waals surface area contributed by atoms with Gasteiger partial charge in [-0.3, -0.25) is 0 Å². The monoisotopic (exact) mass is 343 g/mol. The highest BCUT2D eigenvalue weighted by atomic mass is 35.5. The Morgan fingerprint density at radius 3 is 2.52 bits per heavy atom. The topological polar surface area (TPSA) is 70.6 Å². The van der Waals surface area contributed by atoms with Crippen LogP contribution in [0.1, 0.15) is 11.1 Å². The standard InChI is InChI=1S/C14H12Cl3N3O/c15-10-3-4-11(16)13(6-10)19-7-9-2-1-8(5-12(9)17)14(18)20-21/h1-6,19,21H,7H2,(H2,18,20). The van der Waals surface area contributed by atoms with Crippen molar-refractivity contribution in [2.75, 3.05) is 5.32 Å². The number of oxime groups is 1. The molecule has 0 saturated heterocycles. The van der Waals surface area contributed by atoms with Gasteiger partial charge in [0.25, 0.3) is 0 Å². The van der Waals surface area contributed by atoms with Gasteiger partial charge in [0.05, 0.1) is 10.7 Å². The van der Waals surface area contributed by atoms with Crippen molar-refractivity contribution in [3.63, 3.8) is 0 Å². The maximum absolute atomic E-state index is 8.64. The fourth-order valence-corrected chi connectivity index (χ4v) is 2.33. The molecule has 2 aromatic rings. The molecule has 0 fully saturated rings. The zero-order valence-electron chi connectivity index (χ0n) is 10.8. The molecule has 4 N–H and O–H groups in total. The summed E-state index contributed by atoms with van der Waals surface area (Å²) in [4.78, 5) is 0. The summed E-state index contributed by atoms with van der Waals surface area (Å²) in [5, 5.41) is 16.4. The number of halogens is 3. The first kappa shape index (κ1) is 15.8. The highest BCUT2D eigenvalue weighted by molar-refractivity contribution is 6.35. The summed E-state index contributed by atoms with van der Waals surface area (Å²) in [6, 6.07) is 10.3. The van der Waals surface area contributed by atoms with E-state index in [-0.39, 0.29) is 5.84 Å². The quantitative estimate of drug-likeness (QED) is 0.334. The second-order valence-electron chi connectivity index (χ2n) is 4.27. The van der Waals surface area contributed by atoms with Crippen LogP contribution >= 0.6 is 34.8 Å². The van der Waals surface area contributed by atoms with Crippen LogP contribution in [0.5, 0.6) is 0 Å². The second-order valence-corrected chi connectivity index (χ2v) is 5.52. The molecule has 0 unspecified atom stereocenters. The van der Waals surface area contributed by atoms with Crippen molar-refractivity contribution >= 4 is 46.3 Å². The highest BCUT2D eigenvalue weighted by Crippen LogP contribution is 2.27. The Hall–Kier alpha value is -1.62. The van der Waals surface area contributed by atoms with E-state index in [1.807, 2.05) is 0 Å². The van der Waals surface area contributed by atoms with Crippen LogP contribution in [0.15, 0.2) is 41.6 Å². The molecule has 2 rings (SSSR count). The van der Waals surface area contributed by atoms with Gasteiger partial charge in [-0.1, -0.05) is 52.1 Å². The van der Waals surface area contributed by atoms with Crippen molar-refractivity contribution < 1.29 is 5.21 Å². The van der Waals surface area contributed by atoms with Crippen LogP contribution in [-0.4, -0.2) is 11.0 Å². The van der Waals surface area contributed by atoms with E-state index in [4.69, 9.17) is 45.7 Å². The van der Waals surface area contributed by atoms with Gasteiger partial charge in [-0.2, -0.15) is 0 Å². The van der Waals surface area contributed by atoms with Crippen molar-refractivity contribution in [3.8, 4) is 0 Å². The fraction of sp³-hybridized carbons (Fsp3) is 0.0714. The van der Waals surface area contributed by atoms with Crippen LogP contribution in [-0.2, 0) is 6.54 Å². The van der Waals surface area contributed by atoms with Gasteiger partial charge in [-0.15, -0.1) is 0 Å². The number of benzene rings is 2. The van der Waals surface area contributed by atoms with Crippen molar-refractivity contribution in [2.45, 2.75) is 6.54 Å². The van der Waals surface area contributed by atoms with Crippen molar-refractivity contribution in [1.82, 2.24) is 0 Å². The predicted molar refractivity (Wildman–Crippen MR) is 87.8 cm³/mol. The molecule has 0 radical (unpaired) electrons. The molecule has 0 atom stereocenters. The molecular weight excluding hydrogens is 333 g/mol. The summed E-state index contributed by atoms with van der Waals surface area (Å²) >= 11 is 18.2. The van der Waals surface area contributed by atoms with Crippen LogP contribution in [0.4, 0.5) is 5.69 Å². The first-order valence-electron chi connectivity index (χ1n) is 5.96. The zero-order valence-corrected chi connectivity index (χ0v) is 13.0. The molecule has 0 spiro atoms. The van der Waals surface area contributed by atoms with Crippen molar-refractivity contribution in [2.24, 2.45) is 10.9 Å². The smallest absolute Gasteiger partial charge is 0.170 e. The van der Waals surface area contributed by atoms with Gasteiger partial charge >= 0.3 is 0 Å². The molecular formula is C14H12Cl3N3O. The van der Waals surface area contributed by atoms with Crippen LogP contribution in [0, 0.1) is 0 Å². The van der Waals surface area contributed by atoms with E-state index in [0.717, 1.165) is 11.3 Å². The second kappa shape index (κ2) is 6.89. The van der Waals surface area contributed by atoms with Gasteiger partial charge < -0.3 is 16.3 Å². The van der Waals surface area contributed by atoms with E-state index in [1.54, 1.807) is 36.4 Å². The van der Waals surface area contributed by atoms with E-state index in [2.05, 4.69) is 10.5 Å². The van der Waals surface area contributed by atoms with Crippen molar-refractivity contribution in [1.29, 1.82) is 0 Å². The first-order valence-corrected chi connectivity index (χ1v) is 7.10. The Kier molecular flexibility index (Phi) is 5.17. The zero-order chi connectivity index (χ0) is 15.4. The normalized spacial score (nSPS) is 11.5. The molecule has 0 saturated carbocycles. The van der Waals surface area contributed by atoms with Crippen LogP contribution < -0.4 is 11.1 Å². The van der Waals surface area contributed by atoms with Gasteiger partial charge in [0, 0.05) is 22.2 Å². The Labute approximate surface area is 137 Å². The molecule has 7 heteroatoms. The van der Waals surface area contributed by atoms with Crippen molar-refractivity contribution in [3.05, 3.63) is 62.6 Å². The Bertz CT molecular complexity index is 689. The maximum Gasteiger partial charge on any atom is 0.170 e. The number of nitrogens with two attached hydrogens (primary N) is 1. The Morgan fingerprint density at radius 1 is 1.10 bits per heavy atom. The van der Waals surface area contributed by atoms with Crippen LogP contribution in [0.3, 0.4) is 0 Å². The molecule has 110 valence electrons. The number of rotatable bonds is 4. The molecule has 0 aliphatic rings. The lowest BCUT2D eigenvalue weighted by Crippen LogP contribution is -2.13. The average molecular weight is 345 g/mol. The minimum absolute atomic E-state index is 0.00861. The van der Waals surface area contributed by atoms with E-state index in [0.29, 0.717) is 27.2 Å². The largest absolute Gasteiger partial charge is 0.409 e. The van der Waals surface area contributed by atoms with Crippen LogP contribution in [0.25, 0.3) is 0 Å². The number of hydrogen-bond acceptors (Lipinski definition) is 3. The molecule has 0 aliphatic heterocycles. The number of amidine groups is 1. The predicted octanol–water partition coefficient (Wildman–Crippen LogP) is 4.35. The lowest BCUT2D eigenvalue weighted by Gasteiger charge is -2.11. The van der Waals surface area contributed by atoms with Gasteiger partial charge in [0.1, 0.15) is 0 Å². The third-order valence-corrected chi connectivity index (χ3v) is 3.77. The maximum atomic E-state index is 8.64. The van der Waals surface area contributed by atoms with Crippen LogP contribution in [0.2, 0.25) is 15.1 Å².